The first-order chi connectivity index (χ1) is 7.20. The molecule has 0 saturated heterocycles. The largest absolute Gasteiger partial charge is 0.415 e. The molecule has 0 amide bonds. The first kappa shape index (κ1) is 14.6. The van der Waals surface area contributed by atoms with Crippen LogP contribution in [0.1, 0.15) is 0 Å². The minimum Gasteiger partial charge on any atom is -0.375 e. The van der Waals surface area contributed by atoms with Crippen molar-refractivity contribution in [2.75, 3.05) is 26.4 Å². The lowest BCUT2D eigenvalue weighted by Crippen LogP contribution is -2.23. The zero-order valence-corrected chi connectivity index (χ0v) is 9.30. The molecule has 0 atom stereocenters. The smallest absolute Gasteiger partial charge is 0.375 e. The predicted octanol–water partition coefficient (Wildman–Crippen LogP) is 2.94. The van der Waals surface area contributed by atoms with E-state index in [0.717, 1.165) is 0 Å². The van der Waals surface area contributed by atoms with Crippen LogP contribution in [0.4, 0.5) is 8.39 Å². The summed E-state index contributed by atoms with van der Waals surface area (Å²) in [6.45, 7) is 7.62. The standard InChI is InChI=1S/C9H15F2O3P/c1-3-5-12-7-9(14-15(10)11)8-13-6-4-2/h3-4,9H,1-2,5-8H2. The molecule has 0 aliphatic heterocycles. The monoisotopic (exact) mass is 240 g/mol. The second-order valence-corrected chi connectivity index (χ2v) is 3.20. The molecule has 3 nitrogen and oxygen atoms in total. The molecule has 0 heterocycles. The molecule has 0 fully saturated rings. The van der Waals surface area contributed by atoms with Crippen LogP contribution < -0.4 is 0 Å². The number of rotatable bonds is 10. The summed E-state index contributed by atoms with van der Waals surface area (Å²) in [5, 5.41) is 0. The molecule has 0 aromatic rings. The van der Waals surface area contributed by atoms with Gasteiger partial charge in [-0.25, -0.2) is 0 Å². The van der Waals surface area contributed by atoms with E-state index in [1.54, 1.807) is 0 Å². The average Bonchev–Trinajstić information content (AvgIpc) is 2.17. The molecule has 0 aromatic heterocycles. The molecular formula is C9H15F2O3P. The fourth-order valence-corrected chi connectivity index (χ4v) is 1.13. The van der Waals surface area contributed by atoms with Crippen molar-refractivity contribution in [1.29, 1.82) is 0 Å². The normalized spacial score (nSPS) is 10.9. The van der Waals surface area contributed by atoms with Crippen molar-refractivity contribution < 1.29 is 22.4 Å². The summed E-state index contributed by atoms with van der Waals surface area (Å²) in [6, 6.07) is 0. The van der Waals surface area contributed by atoms with Gasteiger partial charge >= 0.3 is 8.77 Å². The first-order valence-electron chi connectivity index (χ1n) is 4.36. The van der Waals surface area contributed by atoms with Gasteiger partial charge in [-0.3, -0.25) is 4.52 Å². The summed E-state index contributed by atoms with van der Waals surface area (Å²) in [5.74, 6) is 0. The second kappa shape index (κ2) is 10.2. The molecule has 0 aliphatic rings. The SMILES string of the molecule is C=CCOCC(COCC=C)OP(F)F. The Labute approximate surface area is 89.8 Å². The highest BCUT2D eigenvalue weighted by Gasteiger charge is 2.16. The molecule has 0 spiro atoms. The maximum absolute atomic E-state index is 12.0. The Bertz CT molecular complexity index is 165. The van der Waals surface area contributed by atoms with Crippen molar-refractivity contribution in [3.05, 3.63) is 25.3 Å². The van der Waals surface area contributed by atoms with Crippen LogP contribution in [0, 0.1) is 0 Å². The molecule has 0 aliphatic carbocycles. The van der Waals surface area contributed by atoms with Crippen LogP contribution in [0.3, 0.4) is 0 Å². The van der Waals surface area contributed by atoms with Gasteiger partial charge in [-0.1, -0.05) is 12.2 Å². The summed E-state index contributed by atoms with van der Waals surface area (Å²) >= 11 is 0. The van der Waals surface area contributed by atoms with E-state index in [4.69, 9.17) is 9.47 Å². The average molecular weight is 240 g/mol. The van der Waals surface area contributed by atoms with Crippen LogP contribution in [-0.4, -0.2) is 32.5 Å². The van der Waals surface area contributed by atoms with E-state index in [0.29, 0.717) is 13.2 Å². The Balaban J connectivity index is 3.72. The molecule has 15 heavy (non-hydrogen) atoms. The van der Waals surface area contributed by atoms with Crippen LogP contribution in [-0.2, 0) is 14.0 Å². The van der Waals surface area contributed by atoms with Crippen molar-refractivity contribution in [1.82, 2.24) is 0 Å². The van der Waals surface area contributed by atoms with Gasteiger partial charge in [0.1, 0.15) is 6.10 Å². The second-order valence-electron chi connectivity index (χ2n) is 2.58. The molecule has 0 radical (unpaired) electrons. The zero-order valence-electron chi connectivity index (χ0n) is 8.40. The third-order valence-corrected chi connectivity index (χ3v) is 1.77. The molecule has 0 rings (SSSR count). The summed E-state index contributed by atoms with van der Waals surface area (Å²) in [5.41, 5.74) is 0. The lowest BCUT2D eigenvalue weighted by molar-refractivity contribution is 0.00684. The van der Waals surface area contributed by atoms with E-state index in [2.05, 4.69) is 17.7 Å². The van der Waals surface area contributed by atoms with Gasteiger partial charge in [-0.05, 0) is 0 Å². The first-order valence-corrected chi connectivity index (χ1v) is 5.40. The van der Waals surface area contributed by atoms with Gasteiger partial charge in [0.25, 0.3) is 0 Å². The third kappa shape index (κ3) is 9.94. The number of halogens is 2. The number of hydrogen-bond donors (Lipinski definition) is 0. The van der Waals surface area contributed by atoms with Crippen molar-refractivity contribution in [2.45, 2.75) is 6.10 Å². The molecule has 6 heteroatoms. The Morgan fingerprint density at radius 1 is 1.07 bits per heavy atom. The highest BCUT2D eigenvalue weighted by atomic mass is 31.2. The minimum absolute atomic E-state index is 0.0653. The van der Waals surface area contributed by atoms with Crippen molar-refractivity contribution in [2.24, 2.45) is 0 Å². The van der Waals surface area contributed by atoms with Crippen LogP contribution in [0.15, 0.2) is 25.3 Å². The fourth-order valence-electron chi connectivity index (χ4n) is 0.787. The maximum Gasteiger partial charge on any atom is 0.415 e. The van der Waals surface area contributed by atoms with Gasteiger partial charge < -0.3 is 9.47 Å². The predicted molar refractivity (Wildman–Crippen MR) is 56.0 cm³/mol. The highest BCUT2D eigenvalue weighted by Crippen LogP contribution is 2.41. The van der Waals surface area contributed by atoms with Gasteiger partial charge in [-0.2, -0.15) is 8.39 Å². The summed E-state index contributed by atoms with van der Waals surface area (Å²) < 4.78 is 38.4. The van der Waals surface area contributed by atoms with E-state index >= 15 is 0 Å². The lowest BCUT2D eigenvalue weighted by Gasteiger charge is -2.15. The van der Waals surface area contributed by atoms with Crippen LogP contribution in [0.25, 0.3) is 0 Å². The summed E-state index contributed by atoms with van der Waals surface area (Å²) in [7, 11) is -3.39. The molecule has 0 bridgehead atoms. The van der Waals surface area contributed by atoms with E-state index in [-0.39, 0.29) is 13.2 Å². The van der Waals surface area contributed by atoms with Gasteiger partial charge in [0.05, 0.1) is 26.4 Å². The fraction of sp³-hybridized carbons (Fsp3) is 0.556. The molecule has 0 unspecified atom stereocenters. The third-order valence-electron chi connectivity index (χ3n) is 1.31. The molecular weight excluding hydrogens is 225 g/mol. The van der Waals surface area contributed by atoms with Gasteiger partial charge in [0, 0.05) is 0 Å². The quantitative estimate of drug-likeness (QED) is 0.334. The van der Waals surface area contributed by atoms with E-state index < -0.39 is 14.9 Å². The van der Waals surface area contributed by atoms with Crippen molar-refractivity contribution >= 4 is 8.77 Å². The number of hydrogen-bond acceptors (Lipinski definition) is 3. The Kier molecular flexibility index (Phi) is 9.94. The van der Waals surface area contributed by atoms with Gasteiger partial charge in [0.2, 0.25) is 0 Å². The van der Waals surface area contributed by atoms with Crippen LogP contribution >= 0.6 is 8.77 Å². The zero-order chi connectivity index (χ0) is 11.5. The van der Waals surface area contributed by atoms with Crippen LogP contribution in [0.5, 0.6) is 0 Å². The van der Waals surface area contributed by atoms with Crippen molar-refractivity contribution in [3.63, 3.8) is 0 Å². The topological polar surface area (TPSA) is 27.7 Å². The van der Waals surface area contributed by atoms with E-state index in [1.165, 1.54) is 12.2 Å². The molecule has 88 valence electrons. The van der Waals surface area contributed by atoms with E-state index in [1.807, 2.05) is 0 Å². The maximum atomic E-state index is 12.0. The van der Waals surface area contributed by atoms with Gasteiger partial charge in [0.15, 0.2) is 0 Å². The molecule has 0 N–H and O–H groups in total. The minimum atomic E-state index is -3.39. The van der Waals surface area contributed by atoms with Crippen LogP contribution in [0.2, 0.25) is 0 Å². The summed E-state index contributed by atoms with van der Waals surface area (Å²) in [4.78, 5) is 0. The Morgan fingerprint density at radius 3 is 1.87 bits per heavy atom. The lowest BCUT2D eigenvalue weighted by atomic mass is 10.4. The number of ether oxygens (including phenoxy) is 2. The van der Waals surface area contributed by atoms with E-state index in [9.17, 15) is 8.39 Å². The Morgan fingerprint density at radius 2 is 1.53 bits per heavy atom. The van der Waals surface area contributed by atoms with Gasteiger partial charge in [-0.15, -0.1) is 13.2 Å². The molecule has 0 saturated carbocycles. The summed E-state index contributed by atoms with van der Waals surface area (Å²) in [6.07, 6.45) is 2.33. The highest BCUT2D eigenvalue weighted by molar-refractivity contribution is 7.40. The van der Waals surface area contributed by atoms with Crippen molar-refractivity contribution in [3.8, 4) is 0 Å². The molecule has 0 aromatic carbocycles. The Hall–Kier alpha value is -0.350.